The zero-order chi connectivity index (χ0) is 12.3. The van der Waals surface area contributed by atoms with Crippen molar-refractivity contribution < 1.29 is 9.53 Å². The zero-order valence-electron chi connectivity index (χ0n) is 9.90. The van der Waals surface area contributed by atoms with Crippen LogP contribution in [0.1, 0.15) is 35.7 Å². The topological polar surface area (TPSA) is 50.1 Å². The van der Waals surface area contributed by atoms with E-state index in [-0.39, 0.29) is 5.78 Å². The Morgan fingerprint density at radius 2 is 2.41 bits per heavy atom. The van der Waals surface area contributed by atoms with Crippen LogP contribution in [-0.2, 0) is 6.42 Å². The van der Waals surface area contributed by atoms with Crippen LogP contribution >= 0.6 is 0 Å². The first-order valence-corrected chi connectivity index (χ1v) is 5.95. The highest BCUT2D eigenvalue weighted by Crippen LogP contribution is 2.27. The Morgan fingerprint density at radius 3 is 3.12 bits per heavy atom. The van der Waals surface area contributed by atoms with E-state index in [1.807, 2.05) is 19.1 Å². The summed E-state index contributed by atoms with van der Waals surface area (Å²) < 4.78 is 5.39. The number of rotatable bonds is 4. The Morgan fingerprint density at radius 1 is 1.59 bits per heavy atom. The molecule has 0 amide bonds. The summed E-state index contributed by atoms with van der Waals surface area (Å²) in [6.07, 6.45) is 2.32. The molecule has 0 radical (unpaired) electrons. The van der Waals surface area contributed by atoms with E-state index in [1.165, 1.54) is 0 Å². The van der Waals surface area contributed by atoms with E-state index in [0.717, 1.165) is 24.2 Å². The van der Waals surface area contributed by atoms with Gasteiger partial charge in [-0.2, -0.15) is 5.26 Å². The number of hydrogen-bond donors (Lipinski definition) is 0. The molecular weight excluding hydrogens is 214 g/mol. The second kappa shape index (κ2) is 5.01. The summed E-state index contributed by atoms with van der Waals surface area (Å²) in [5, 5.41) is 8.99. The van der Waals surface area contributed by atoms with Crippen molar-refractivity contribution >= 4 is 5.78 Å². The van der Waals surface area contributed by atoms with Crippen molar-refractivity contribution in [3.63, 3.8) is 0 Å². The van der Waals surface area contributed by atoms with E-state index < -0.39 is 5.92 Å². The first-order chi connectivity index (χ1) is 8.26. The smallest absolute Gasteiger partial charge is 0.179 e. The Balaban J connectivity index is 2.22. The minimum absolute atomic E-state index is 0.0657. The summed E-state index contributed by atoms with van der Waals surface area (Å²) in [5.74, 6) is 0.287. The van der Waals surface area contributed by atoms with Crippen LogP contribution in [0.3, 0.4) is 0 Å². The van der Waals surface area contributed by atoms with Crippen molar-refractivity contribution in [2.24, 2.45) is 5.92 Å². The van der Waals surface area contributed by atoms with E-state index in [4.69, 9.17) is 10.00 Å². The summed E-state index contributed by atoms with van der Waals surface area (Å²) in [6, 6.07) is 7.54. The molecule has 88 valence electrons. The van der Waals surface area contributed by atoms with Crippen LogP contribution in [0.4, 0.5) is 0 Å². The first kappa shape index (κ1) is 11.7. The van der Waals surface area contributed by atoms with Gasteiger partial charge in [-0.25, -0.2) is 0 Å². The monoisotopic (exact) mass is 229 g/mol. The van der Waals surface area contributed by atoms with Crippen LogP contribution in [0.15, 0.2) is 18.2 Å². The van der Waals surface area contributed by atoms with Gasteiger partial charge in [0.05, 0.1) is 12.7 Å². The van der Waals surface area contributed by atoms with Crippen molar-refractivity contribution in [1.29, 1.82) is 5.26 Å². The number of benzene rings is 1. The number of hydrogen-bond acceptors (Lipinski definition) is 3. The zero-order valence-corrected chi connectivity index (χ0v) is 9.90. The normalized spacial score (nSPS) is 14.6. The van der Waals surface area contributed by atoms with Crippen LogP contribution < -0.4 is 4.74 Å². The van der Waals surface area contributed by atoms with E-state index >= 15 is 0 Å². The highest BCUT2D eigenvalue weighted by atomic mass is 16.5. The minimum Gasteiger partial charge on any atom is -0.493 e. The second-order valence-corrected chi connectivity index (χ2v) is 4.26. The molecule has 3 nitrogen and oxygen atoms in total. The van der Waals surface area contributed by atoms with E-state index in [1.54, 1.807) is 6.07 Å². The molecule has 0 saturated carbocycles. The summed E-state index contributed by atoms with van der Waals surface area (Å²) in [7, 11) is 0. The molecule has 0 aromatic heterocycles. The van der Waals surface area contributed by atoms with Gasteiger partial charge >= 0.3 is 0 Å². The molecule has 1 unspecified atom stereocenters. The summed E-state index contributed by atoms with van der Waals surface area (Å²) in [4.78, 5) is 12.1. The average Bonchev–Trinajstić information content (AvgIpc) is 2.82. The molecule has 1 aromatic rings. The van der Waals surface area contributed by atoms with E-state index in [9.17, 15) is 4.79 Å². The van der Waals surface area contributed by atoms with Crippen LogP contribution in [-0.4, -0.2) is 12.4 Å². The molecule has 1 aliphatic rings. The molecule has 0 spiro atoms. The fourth-order valence-electron chi connectivity index (χ4n) is 2.08. The maximum Gasteiger partial charge on any atom is 0.179 e. The largest absolute Gasteiger partial charge is 0.493 e. The Bertz CT molecular complexity index is 474. The van der Waals surface area contributed by atoms with E-state index in [2.05, 4.69) is 6.07 Å². The lowest BCUT2D eigenvalue weighted by molar-refractivity contribution is 0.0943. The van der Waals surface area contributed by atoms with Gasteiger partial charge in [0.25, 0.3) is 0 Å². The van der Waals surface area contributed by atoms with Crippen LogP contribution in [0.25, 0.3) is 0 Å². The maximum atomic E-state index is 12.1. The lowest BCUT2D eigenvalue weighted by atomic mass is 9.93. The molecule has 0 saturated heterocycles. The fourth-order valence-corrected chi connectivity index (χ4v) is 2.08. The van der Waals surface area contributed by atoms with Crippen molar-refractivity contribution in [2.45, 2.75) is 26.2 Å². The molecule has 1 heterocycles. The van der Waals surface area contributed by atoms with Gasteiger partial charge < -0.3 is 4.74 Å². The summed E-state index contributed by atoms with van der Waals surface area (Å²) in [6.45, 7) is 2.66. The number of Topliss-reactive ketones (excluding diaryl/α,β-unsaturated/α-hetero) is 1. The minimum atomic E-state index is -0.514. The predicted molar refractivity (Wildman–Crippen MR) is 64.0 cm³/mol. The Labute approximate surface area is 101 Å². The van der Waals surface area contributed by atoms with Crippen molar-refractivity contribution in [2.75, 3.05) is 6.61 Å². The lowest BCUT2D eigenvalue weighted by Crippen LogP contribution is -2.12. The summed E-state index contributed by atoms with van der Waals surface area (Å²) in [5.41, 5.74) is 1.71. The molecule has 1 atom stereocenters. The van der Waals surface area contributed by atoms with Gasteiger partial charge in [-0.15, -0.1) is 0 Å². The van der Waals surface area contributed by atoms with Gasteiger partial charge in [0.2, 0.25) is 0 Å². The lowest BCUT2D eigenvalue weighted by Gasteiger charge is -2.07. The molecule has 2 rings (SSSR count). The first-order valence-electron chi connectivity index (χ1n) is 5.95. The number of carbonyl (C=O) groups is 1. The number of nitrogens with zero attached hydrogens (tertiary/aromatic N) is 1. The highest BCUT2D eigenvalue weighted by molar-refractivity contribution is 5.99. The van der Waals surface area contributed by atoms with Gasteiger partial charge in [0.1, 0.15) is 11.7 Å². The molecule has 3 heteroatoms. The third-order valence-corrected chi connectivity index (χ3v) is 3.02. The van der Waals surface area contributed by atoms with Crippen molar-refractivity contribution in [3.8, 4) is 11.8 Å². The fraction of sp³-hybridized carbons (Fsp3) is 0.429. The molecule has 1 aromatic carbocycles. The third kappa shape index (κ3) is 2.31. The molecule has 17 heavy (non-hydrogen) atoms. The molecule has 0 aliphatic carbocycles. The number of nitriles is 1. The van der Waals surface area contributed by atoms with Gasteiger partial charge in [-0.1, -0.05) is 13.3 Å². The number of fused-ring (bicyclic) bond motifs is 1. The molecule has 0 bridgehead atoms. The number of carbonyl (C=O) groups excluding carboxylic acids is 1. The molecular formula is C14H15NO2. The molecule has 0 N–H and O–H groups in total. The van der Waals surface area contributed by atoms with Crippen molar-refractivity contribution in [1.82, 2.24) is 0 Å². The van der Waals surface area contributed by atoms with Crippen molar-refractivity contribution in [3.05, 3.63) is 29.3 Å². The van der Waals surface area contributed by atoms with Crippen LogP contribution in [0.5, 0.6) is 5.75 Å². The van der Waals surface area contributed by atoms with Crippen LogP contribution in [0, 0.1) is 17.2 Å². The SMILES string of the molecule is CCCC(C#N)C(=O)c1ccc2c(c1)CCO2. The summed E-state index contributed by atoms with van der Waals surface area (Å²) >= 11 is 0. The quantitative estimate of drug-likeness (QED) is 0.746. The van der Waals surface area contributed by atoms with E-state index in [0.29, 0.717) is 18.6 Å². The predicted octanol–water partition coefficient (Wildman–Crippen LogP) is 2.74. The standard InChI is InChI=1S/C14H15NO2/c1-2-3-12(9-15)14(16)11-4-5-13-10(8-11)6-7-17-13/h4-5,8,12H,2-3,6-7H2,1H3. The molecule has 0 fully saturated rings. The Hall–Kier alpha value is -1.82. The molecule has 1 aliphatic heterocycles. The third-order valence-electron chi connectivity index (χ3n) is 3.02. The van der Waals surface area contributed by atoms with Gasteiger partial charge in [-0.3, -0.25) is 4.79 Å². The number of ether oxygens (including phenoxy) is 1. The average molecular weight is 229 g/mol. The Kier molecular flexibility index (Phi) is 3.43. The highest BCUT2D eigenvalue weighted by Gasteiger charge is 2.21. The number of ketones is 1. The van der Waals surface area contributed by atoms with Gasteiger partial charge in [-0.05, 0) is 30.2 Å². The second-order valence-electron chi connectivity index (χ2n) is 4.26. The van der Waals surface area contributed by atoms with Gasteiger partial charge in [0, 0.05) is 12.0 Å². The van der Waals surface area contributed by atoms with Gasteiger partial charge in [0.15, 0.2) is 5.78 Å². The maximum absolute atomic E-state index is 12.1. The van der Waals surface area contributed by atoms with Crippen LogP contribution in [0.2, 0.25) is 0 Å².